The number of anilines is 1. The Kier molecular flexibility index (Phi) is 7.78. The summed E-state index contributed by atoms with van der Waals surface area (Å²) in [5.74, 6) is 4.34. The van der Waals surface area contributed by atoms with E-state index in [1.54, 1.807) is 18.2 Å². The molecule has 0 bridgehead atoms. The first-order valence-corrected chi connectivity index (χ1v) is 15.4. The van der Waals surface area contributed by atoms with Gasteiger partial charge in [0.05, 0.1) is 10.6 Å². The SMILES string of the molecule is CC(C)CCC[C@@H](C)[C@H]1CC[C@H]2[C@@H]3CC(=O)C4=C/C(=N/Nc5ccccc5[N+](=O)[O-])CC[C@]4(C)[C@H]3CC[C@]12C. The lowest BCUT2D eigenvalue weighted by Gasteiger charge is -2.58. The van der Waals surface area contributed by atoms with E-state index >= 15 is 0 Å². The molecule has 0 aromatic heterocycles. The number of benzene rings is 1. The molecule has 212 valence electrons. The maximum atomic E-state index is 13.7. The van der Waals surface area contributed by atoms with E-state index < -0.39 is 4.92 Å². The third-order valence-corrected chi connectivity index (χ3v) is 11.4. The van der Waals surface area contributed by atoms with Crippen molar-refractivity contribution >= 4 is 22.9 Å². The highest BCUT2D eigenvalue weighted by atomic mass is 16.6. The van der Waals surface area contributed by atoms with Gasteiger partial charge < -0.3 is 0 Å². The number of Topliss-reactive ketones (excluding diaryl/α,β-unsaturated/α-hetero) is 1. The number of carbonyl (C=O) groups excluding carboxylic acids is 1. The number of hydrazone groups is 1. The van der Waals surface area contributed by atoms with Crippen LogP contribution in [0.1, 0.15) is 98.8 Å². The Morgan fingerprint density at radius 3 is 2.59 bits per heavy atom. The number of nitro groups is 1. The summed E-state index contributed by atoms with van der Waals surface area (Å²) in [4.78, 5) is 24.7. The van der Waals surface area contributed by atoms with Gasteiger partial charge in [-0.25, -0.2) is 0 Å². The van der Waals surface area contributed by atoms with E-state index in [1.165, 1.54) is 51.0 Å². The largest absolute Gasteiger partial charge is 0.295 e. The third kappa shape index (κ3) is 5.09. The number of rotatable bonds is 8. The minimum atomic E-state index is -0.402. The fraction of sp³-hybridized carbons (Fsp3) is 0.697. The van der Waals surface area contributed by atoms with Crippen LogP contribution in [0.3, 0.4) is 0 Å². The van der Waals surface area contributed by atoms with Crippen LogP contribution in [0.4, 0.5) is 11.4 Å². The van der Waals surface area contributed by atoms with Crippen molar-refractivity contribution in [2.45, 2.75) is 98.8 Å². The molecule has 5 rings (SSSR count). The quantitative estimate of drug-likeness (QED) is 0.268. The van der Waals surface area contributed by atoms with E-state index in [4.69, 9.17) is 0 Å². The second-order valence-corrected chi connectivity index (χ2v) is 14.0. The normalized spacial score (nSPS) is 35.7. The average Bonchev–Trinajstić information content (AvgIpc) is 3.25. The van der Waals surface area contributed by atoms with Crippen LogP contribution >= 0.6 is 0 Å². The molecule has 3 fully saturated rings. The van der Waals surface area contributed by atoms with Crippen molar-refractivity contribution in [2.24, 2.45) is 51.4 Å². The van der Waals surface area contributed by atoms with E-state index in [0.717, 1.165) is 41.9 Å². The van der Waals surface area contributed by atoms with Crippen molar-refractivity contribution in [3.63, 3.8) is 0 Å². The van der Waals surface area contributed by atoms with Gasteiger partial charge in [-0.15, -0.1) is 0 Å². The molecule has 3 saturated carbocycles. The molecular formula is C33H47N3O3. The zero-order valence-electron chi connectivity index (χ0n) is 24.5. The molecule has 0 radical (unpaired) electrons. The van der Waals surface area contributed by atoms with Crippen LogP contribution in [0, 0.1) is 56.5 Å². The number of ketones is 1. The van der Waals surface area contributed by atoms with Gasteiger partial charge in [-0.1, -0.05) is 66.0 Å². The van der Waals surface area contributed by atoms with Crippen LogP contribution in [0.15, 0.2) is 41.0 Å². The summed E-state index contributed by atoms with van der Waals surface area (Å²) in [7, 11) is 0. The molecule has 1 N–H and O–H groups in total. The van der Waals surface area contributed by atoms with Gasteiger partial charge in [-0.05, 0) is 97.0 Å². The summed E-state index contributed by atoms with van der Waals surface area (Å²) in [5, 5.41) is 15.9. The topological polar surface area (TPSA) is 84.6 Å². The second kappa shape index (κ2) is 10.8. The summed E-state index contributed by atoms with van der Waals surface area (Å²) >= 11 is 0. The minimum Gasteiger partial charge on any atom is -0.295 e. The Bertz CT molecular complexity index is 1170. The molecule has 1 aromatic carbocycles. The Labute approximate surface area is 234 Å². The number of para-hydroxylation sites is 2. The molecular weight excluding hydrogens is 486 g/mol. The maximum Gasteiger partial charge on any atom is 0.294 e. The van der Waals surface area contributed by atoms with Crippen molar-refractivity contribution in [3.05, 3.63) is 46.0 Å². The van der Waals surface area contributed by atoms with Crippen molar-refractivity contribution in [2.75, 3.05) is 5.43 Å². The number of hydrogen-bond donors (Lipinski definition) is 1. The molecule has 6 nitrogen and oxygen atoms in total. The van der Waals surface area contributed by atoms with Gasteiger partial charge in [-0.2, -0.15) is 5.10 Å². The highest BCUT2D eigenvalue weighted by Gasteiger charge is 2.60. The zero-order chi connectivity index (χ0) is 27.9. The Morgan fingerprint density at radius 1 is 1.08 bits per heavy atom. The van der Waals surface area contributed by atoms with Crippen molar-refractivity contribution < 1.29 is 9.72 Å². The summed E-state index contributed by atoms with van der Waals surface area (Å²) in [5.41, 5.74) is 5.30. The van der Waals surface area contributed by atoms with Crippen LogP contribution in [-0.2, 0) is 4.79 Å². The monoisotopic (exact) mass is 533 g/mol. The van der Waals surface area contributed by atoms with Crippen molar-refractivity contribution in [1.29, 1.82) is 0 Å². The van der Waals surface area contributed by atoms with Crippen LogP contribution in [0.25, 0.3) is 0 Å². The number of hydrogen-bond acceptors (Lipinski definition) is 5. The third-order valence-electron chi connectivity index (χ3n) is 11.4. The summed E-state index contributed by atoms with van der Waals surface area (Å²) in [6.07, 6.45) is 13.5. The standard InChI is InChI=1S/C33H47N3O3/c1-21(2)9-8-10-22(3)25-13-14-26-24-20-31(37)28-19-23(34-35-29-11-6-7-12-30(29)36(38)39)15-17-33(28,5)27(24)16-18-32(25,26)4/h6-7,11-12,19,21-22,24-27,35H,8-10,13-18,20H2,1-5H3/b34-23+/t22-,24+,25-,26+,27+,32-,33-/m1/s1. The summed E-state index contributed by atoms with van der Waals surface area (Å²) < 4.78 is 0. The lowest BCUT2D eigenvalue weighted by atomic mass is 9.46. The fourth-order valence-corrected chi connectivity index (χ4v) is 9.37. The second-order valence-electron chi connectivity index (χ2n) is 14.0. The van der Waals surface area contributed by atoms with Gasteiger partial charge in [0, 0.05) is 18.1 Å². The molecule has 0 amide bonds. The fourth-order valence-electron chi connectivity index (χ4n) is 9.37. The van der Waals surface area contributed by atoms with E-state index in [-0.39, 0.29) is 11.1 Å². The van der Waals surface area contributed by atoms with Crippen LogP contribution in [-0.4, -0.2) is 16.4 Å². The Balaban J connectivity index is 1.33. The van der Waals surface area contributed by atoms with Crippen LogP contribution in [0.2, 0.25) is 0 Å². The summed E-state index contributed by atoms with van der Waals surface area (Å²) in [6, 6.07) is 6.54. The Morgan fingerprint density at radius 2 is 1.85 bits per heavy atom. The van der Waals surface area contributed by atoms with E-state index in [0.29, 0.717) is 41.1 Å². The predicted molar refractivity (Wildman–Crippen MR) is 158 cm³/mol. The van der Waals surface area contributed by atoms with E-state index in [1.807, 2.05) is 6.08 Å². The molecule has 0 saturated heterocycles. The van der Waals surface area contributed by atoms with Crippen LogP contribution < -0.4 is 5.43 Å². The van der Waals surface area contributed by atoms with Crippen molar-refractivity contribution in [1.82, 2.24) is 0 Å². The van der Waals surface area contributed by atoms with Crippen molar-refractivity contribution in [3.8, 4) is 0 Å². The van der Waals surface area contributed by atoms with E-state index in [2.05, 4.69) is 45.1 Å². The predicted octanol–water partition coefficient (Wildman–Crippen LogP) is 8.58. The first-order chi connectivity index (χ1) is 18.5. The molecule has 0 unspecified atom stereocenters. The highest BCUT2D eigenvalue weighted by Crippen LogP contribution is 2.67. The van der Waals surface area contributed by atoms with Gasteiger partial charge >= 0.3 is 0 Å². The lowest BCUT2D eigenvalue weighted by Crippen LogP contribution is -2.53. The molecule has 0 heterocycles. The highest BCUT2D eigenvalue weighted by molar-refractivity contribution is 6.08. The van der Waals surface area contributed by atoms with Gasteiger partial charge in [0.25, 0.3) is 5.69 Å². The van der Waals surface area contributed by atoms with Gasteiger partial charge in [0.1, 0.15) is 5.69 Å². The zero-order valence-corrected chi connectivity index (χ0v) is 24.5. The molecule has 4 aliphatic carbocycles. The number of nitro benzene ring substituents is 1. The number of carbonyl (C=O) groups is 1. The molecule has 0 spiro atoms. The molecule has 7 atom stereocenters. The first kappa shape index (κ1) is 28.0. The number of nitrogens with zero attached hydrogens (tertiary/aromatic N) is 2. The van der Waals surface area contributed by atoms with Crippen LogP contribution in [0.5, 0.6) is 0 Å². The molecule has 0 aliphatic heterocycles. The molecule has 6 heteroatoms. The first-order valence-electron chi connectivity index (χ1n) is 15.4. The average molecular weight is 534 g/mol. The Hall–Kier alpha value is -2.50. The number of nitrogens with one attached hydrogen (secondary N) is 1. The minimum absolute atomic E-state index is 0.00102. The molecule has 39 heavy (non-hydrogen) atoms. The lowest BCUT2D eigenvalue weighted by molar-refractivity contribution is -0.384. The maximum absolute atomic E-state index is 13.7. The molecule has 1 aromatic rings. The van der Waals surface area contributed by atoms with Gasteiger partial charge in [0.15, 0.2) is 5.78 Å². The number of fused-ring (bicyclic) bond motifs is 5. The summed E-state index contributed by atoms with van der Waals surface area (Å²) in [6.45, 7) is 12.1. The van der Waals surface area contributed by atoms with Gasteiger partial charge in [0.2, 0.25) is 0 Å². The number of allylic oxidation sites excluding steroid dienone is 2. The van der Waals surface area contributed by atoms with Gasteiger partial charge in [-0.3, -0.25) is 20.3 Å². The van der Waals surface area contributed by atoms with E-state index in [9.17, 15) is 14.9 Å². The molecule has 4 aliphatic rings. The smallest absolute Gasteiger partial charge is 0.294 e.